The molecule has 0 aliphatic heterocycles. The van der Waals surface area contributed by atoms with E-state index in [1.165, 1.54) is 0 Å². The Labute approximate surface area is 136 Å². The van der Waals surface area contributed by atoms with Crippen molar-refractivity contribution in [3.8, 4) is 0 Å². The molecular formula is C16H20ClN5. The monoisotopic (exact) mass is 317 g/mol. The minimum atomic E-state index is 0.585. The molecule has 0 atom stereocenters. The summed E-state index contributed by atoms with van der Waals surface area (Å²) < 4.78 is 0. The van der Waals surface area contributed by atoms with Crippen molar-refractivity contribution in [3.05, 3.63) is 41.2 Å². The molecule has 0 N–H and O–H groups in total. The average Bonchev–Trinajstić information content (AvgIpc) is 2.55. The molecule has 2 rings (SSSR count). The molecule has 116 valence electrons. The van der Waals surface area contributed by atoms with Crippen LogP contribution in [0.25, 0.3) is 0 Å². The van der Waals surface area contributed by atoms with E-state index >= 15 is 0 Å². The van der Waals surface area contributed by atoms with Crippen LogP contribution in [0.2, 0.25) is 5.02 Å². The van der Waals surface area contributed by atoms with Gasteiger partial charge in [0.25, 0.3) is 0 Å². The molecule has 0 amide bonds. The summed E-state index contributed by atoms with van der Waals surface area (Å²) in [6, 6.07) is 5.75. The van der Waals surface area contributed by atoms with Gasteiger partial charge in [0.2, 0.25) is 5.95 Å². The van der Waals surface area contributed by atoms with Gasteiger partial charge in [0.1, 0.15) is 0 Å². The summed E-state index contributed by atoms with van der Waals surface area (Å²) in [5.74, 6) is 0.593. The minimum absolute atomic E-state index is 0.585. The van der Waals surface area contributed by atoms with Crippen molar-refractivity contribution >= 4 is 35.3 Å². The lowest BCUT2D eigenvalue weighted by molar-refractivity contribution is 0.552. The van der Waals surface area contributed by atoms with Crippen LogP contribution in [0.5, 0.6) is 0 Å². The number of benzene rings is 1. The van der Waals surface area contributed by atoms with Crippen LogP contribution in [-0.2, 0) is 0 Å². The van der Waals surface area contributed by atoms with E-state index in [0.717, 1.165) is 23.5 Å². The zero-order valence-corrected chi connectivity index (χ0v) is 14.0. The molecule has 2 aromatic rings. The topological polar surface area (TPSA) is 44.6 Å². The van der Waals surface area contributed by atoms with Gasteiger partial charge in [-0.2, -0.15) is 0 Å². The van der Waals surface area contributed by atoms with Crippen molar-refractivity contribution in [1.29, 1.82) is 0 Å². The van der Waals surface area contributed by atoms with Crippen molar-refractivity contribution in [2.75, 3.05) is 25.5 Å². The first kappa shape index (κ1) is 16.2. The molecule has 1 heterocycles. The Bertz CT molecular complexity index is 657. The highest BCUT2D eigenvalue weighted by Gasteiger charge is 2.14. The number of hydrogen-bond acceptors (Lipinski definition) is 4. The maximum absolute atomic E-state index is 6.52. The highest BCUT2D eigenvalue weighted by atomic mass is 35.5. The van der Waals surface area contributed by atoms with Gasteiger partial charge in [0, 0.05) is 33.0 Å². The Morgan fingerprint density at radius 3 is 2.55 bits per heavy atom. The van der Waals surface area contributed by atoms with Crippen LogP contribution < -0.4 is 4.90 Å². The van der Waals surface area contributed by atoms with Gasteiger partial charge in [0.05, 0.1) is 22.7 Å². The summed E-state index contributed by atoms with van der Waals surface area (Å²) >= 11 is 6.52. The fraction of sp³-hybridized carbons (Fsp3) is 0.312. The van der Waals surface area contributed by atoms with E-state index in [1.54, 1.807) is 24.8 Å². The van der Waals surface area contributed by atoms with E-state index in [-0.39, 0.29) is 0 Å². The molecule has 5 nitrogen and oxygen atoms in total. The van der Waals surface area contributed by atoms with Gasteiger partial charge in [-0.25, -0.2) is 15.0 Å². The smallest absolute Gasteiger partial charge is 0.229 e. The lowest BCUT2D eigenvalue weighted by Gasteiger charge is -2.20. The first-order valence-electron chi connectivity index (χ1n) is 7.08. The number of rotatable bonds is 5. The second kappa shape index (κ2) is 7.22. The van der Waals surface area contributed by atoms with Gasteiger partial charge in [-0.15, -0.1) is 0 Å². The summed E-state index contributed by atoms with van der Waals surface area (Å²) in [4.78, 5) is 16.8. The normalized spacial score (nSPS) is 11.0. The van der Waals surface area contributed by atoms with Crippen LogP contribution in [0.1, 0.15) is 12.5 Å². The maximum atomic E-state index is 6.52. The number of hydrogen-bond donors (Lipinski definition) is 0. The van der Waals surface area contributed by atoms with E-state index in [1.807, 2.05) is 43.0 Å². The summed E-state index contributed by atoms with van der Waals surface area (Å²) in [7, 11) is 3.86. The maximum Gasteiger partial charge on any atom is 0.229 e. The van der Waals surface area contributed by atoms with Crippen molar-refractivity contribution < 1.29 is 0 Å². The Balaban J connectivity index is 2.40. The lowest BCUT2D eigenvalue weighted by atomic mass is 10.2. The number of anilines is 2. The fourth-order valence-electron chi connectivity index (χ4n) is 1.88. The number of halogens is 1. The SMILES string of the molecule is CCN(C)C=Nc1cc(C)cc(N(C)c2ncccn2)c1Cl. The van der Waals surface area contributed by atoms with Gasteiger partial charge in [-0.1, -0.05) is 11.6 Å². The molecule has 0 spiro atoms. The third-order valence-electron chi connectivity index (χ3n) is 3.28. The van der Waals surface area contributed by atoms with Gasteiger partial charge >= 0.3 is 0 Å². The van der Waals surface area contributed by atoms with E-state index in [2.05, 4.69) is 21.9 Å². The summed E-state index contributed by atoms with van der Waals surface area (Å²) in [5, 5.41) is 0.585. The zero-order valence-electron chi connectivity index (χ0n) is 13.3. The van der Waals surface area contributed by atoms with Gasteiger partial charge in [0.15, 0.2) is 0 Å². The third-order valence-corrected chi connectivity index (χ3v) is 3.67. The first-order valence-corrected chi connectivity index (χ1v) is 7.46. The van der Waals surface area contributed by atoms with Crippen molar-refractivity contribution in [3.63, 3.8) is 0 Å². The zero-order chi connectivity index (χ0) is 16.1. The van der Waals surface area contributed by atoms with E-state index in [0.29, 0.717) is 11.0 Å². The largest absolute Gasteiger partial charge is 0.366 e. The van der Waals surface area contributed by atoms with Gasteiger partial charge in [-0.05, 0) is 37.6 Å². The van der Waals surface area contributed by atoms with Crippen LogP contribution in [0, 0.1) is 6.92 Å². The number of aryl methyl sites for hydroxylation is 1. The molecular weight excluding hydrogens is 298 g/mol. The van der Waals surface area contributed by atoms with Crippen LogP contribution in [0.15, 0.2) is 35.6 Å². The van der Waals surface area contributed by atoms with E-state index < -0.39 is 0 Å². The summed E-state index contributed by atoms with van der Waals surface area (Å²) in [6.45, 7) is 4.97. The molecule has 0 aliphatic rings. The van der Waals surface area contributed by atoms with Crippen molar-refractivity contribution in [1.82, 2.24) is 14.9 Å². The van der Waals surface area contributed by atoms with Gasteiger partial charge in [-0.3, -0.25) is 0 Å². The Hall–Kier alpha value is -2.14. The van der Waals surface area contributed by atoms with E-state index in [4.69, 9.17) is 11.6 Å². The summed E-state index contributed by atoms with van der Waals surface area (Å²) in [5.41, 5.74) is 2.65. The fourth-order valence-corrected chi connectivity index (χ4v) is 2.17. The second-order valence-corrected chi connectivity index (χ2v) is 5.42. The number of aromatic nitrogens is 2. The van der Waals surface area contributed by atoms with Crippen LogP contribution >= 0.6 is 11.6 Å². The molecule has 0 saturated carbocycles. The predicted molar refractivity (Wildman–Crippen MR) is 92.7 cm³/mol. The molecule has 0 saturated heterocycles. The number of aliphatic imine (C=N–C) groups is 1. The highest BCUT2D eigenvalue weighted by molar-refractivity contribution is 6.36. The molecule has 6 heteroatoms. The number of nitrogens with zero attached hydrogens (tertiary/aromatic N) is 5. The standard InChI is InChI=1S/C16H20ClN5/c1-5-21(3)11-20-13-9-12(2)10-14(15(13)17)22(4)16-18-7-6-8-19-16/h6-11H,5H2,1-4H3. The Morgan fingerprint density at radius 1 is 1.23 bits per heavy atom. The van der Waals surface area contributed by atoms with E-state index in [9.17, 15) is 0 Å². The molecule has 22 heavy (non-hydrogen) atoms. The Morgan fingerprint density at radius 2 is 1.91 bits per heavy atom. The Kier molecular flexibility index (Phi) is 5.33. The van der Waals surface area contributed by atoms with Crippen LogP contribution in [-0.4, -0.2) is 41.8 Å². The second-order valence-electron chi connectivity index (χ2n) is 5.04. The molecule has 0 aliphatic carbocycles. The summed E-state index contributed by atoms with van der Waals surface area (Å²) in [6.07, 6.45) is 5.19. The first-order chi connectivity index (χ1) is 10.5. The quantitative estimate of drug-likeness (QED) is 0.621. The molecule has 1 aromatic heterocycles. The lowest BCUT2D eigenvalue weighted by Crippen LogP contribution is -2.15. The van der Waals surface area contributed by atoms with Crippen molar-refractivity contribution in [2.24, 2.45) is 4.99 Å². The molecule has 0 radical (unpaired) electrons. The van der Waals surface area contributed by atoms with Gasteiger partial charge < -0.3 is 9.80 Å². The molecule has 0 unspecified atom stereocenters. The van der Waals surface area contributed by atoms with Crippen LogP contribution in [0.3, 0.4) is 0 Å². The molecule has 0 fully saturated rings. The third kappa shape index (κ3) is 3.74. The predicted octanol–water partition coefficient (Wildman–Crippen LogP) is 3.82. The highest BCUT2D eigenvalue weighted by Crippen LogP contribution is 2.37. The minimum Gasteiger partial charge on any atom is -0.366 e. The average molecular weight is 318 g/mol. The molecule has 0 bridgehead atoms. The van der Waals surface area contributed by atoms with Crippen molar-refractivity contribution in [2.45, 2.75) is 13.8 Å². The van der Waals surface area contributed by atoms with Crippen LogP contribution in [0.4, 0.5) is 17.3 Å². The molecule has 1 aromatic carbocycles.